The van der Waals surface area contributed by atoms with Crippen molar-refractivity contribution in [1.29, 1.82) is 0 Å². The van der Waals surface area contributed by atoms with Crippen LogP contribution < -0.4 is 16.1 Å². The largest absolute Gasteiger partial charge is 0.396 e. The van der Waals surface area contributed by atoms with Gasteiger partial charge in [-0.25, -0.2) is 0 Å². The predicted octanol–water partition coefficient (Wildman–Crippen LogP) is -0.0440. The van der Waals surface area contributed by atoms with Crippen LogP contribution in [0, 0.1) is 13.8 Å². The zero-order chi connectivity index (χ0) is 14.3. The van der Waals surface area contributed by atoms with Gasteiger partial charge >= 0.3 is 0 Å². The molecule has 2 aromatic heterocycles. The van der Waals surface area contributed by atoms with Gasteiger partial charge in [-0.05, 0) is 55.9 Å². The minimum absolute atomic E-state index is 0.0882. The number of aryl methyl sites for hydroxylation is 1. The quantitative estimate of drug-likeness (QED) is 0.632. The maximum atomic E-state index is 11.9. The Morgan fingerprint density at radius 2 is 2.00 bits per heavy atom. The van der Waals surface area contributed by atoms with Gasteiger partial charge in [-0.1, -0.05) is 0 Å². The summed E-state index contributed by atoms with van der Waals surface area (Å²) in [6.07, 6.45) is 4.66. The minimum Gasteiger partial charge on any atom is -0.396 e. The molecule has 0 spiro atoms. The summed E-state index contributed by atoms with van der Waals surface area (Å²) < 4.78 is 0. The summed E-state index contributed by atoms with van der Waals surface area (Å²) in [5.41, 5.74) is 5.44. The van der Waals surface area contributed by atoms with Crippen molar-refractivity contribution < 1.29 is 5.11 Å². The summed E-state index contributed by atoms with van der Waals surface area (Å²) in [5.74, 6) is 0. The fourth-order valence-corrected chi connectivity index (χ4v) is 2.69. The van der Waals surface area contributed by atoms with Gasteiger partial charge in [0.2, 0.25) is 0 Å². The van der Waals surface area contributed by atoms with Gasteiger partial charge in [0.05, 0.1) is 10.6 Å². The lowest BCUT2D eigenvalue weighted by Crippen LogP contribution is -2.33. The second-order valence-electron chi connectivity index (χ2n) is 5.36. The molecule has 4 N–H and O–H groups in total. The highest BCUT2D eigenvalue weighted by molar-refractivity contribution is 5.59. The SMILES string of the molecule is Cc1[nH]c(C=c2c(=O)[nH][nH]c2=C2CC2)c(C)c1CCO. The van der Waals surface area contributed by atoms with Gasteiger partial charge in [-0.3, -0.25) is 15.0 Å². The Balaban J connectivity index is 2.19. The molecule has 0 aromatic carbocycles. The zero-order valence-corrected chi connectivity index (χ0v) is 11.8. The van der Waals surface area contributed by atoms with E-state index < -0.39 is 0 Å². The van der Waals surface area contributed by atoms with E-state index in [4.69, 9.17) is 5.11 Å². The van der Waals surface area contributed by atoms with E-state index in [2.05, 4.69) is 15.2 Å². The maximum absolute atomic E-state index is 11.9. The third-order valence-corrected chi connectivity index (χ3v) is 3.95. The fraction of sp³-hybridized carbons (Fsp3) is 0.400. The molecule has 2 heterocycles. The number of aliphatic hydroxyl groups excluding tert-OH is 1. The number of aromatic amines is 3. The van der Waals surface area contributed by atoms with Gasteiger partial charge in [-0.2, -0.15) is 0 Å². The molecule has 106 valence electrons. The molecule has 1 saturated carbocycles. The van der Waals surface area contributed by atoms with Gasteiger partial charge in [0, 0.05) is 18.0 Å². The number of rotatable bonds is 3. The molecular weight excluding hydrogens is 254 g/mol. The van der Waals surface area contributed by atoms with E-state index in [1.807, 2.05) is 19.9 Å². The number of hydrogen-bond donors (Lipinski definition) is 4. The summed E-state index contributed by atoms with van der Waals surface area (Å²) >= 11 is 0. The molecule has 0 saturated heterocycles. The van der Waals surface area contributed by atoms with Crippen LogP contribution in [0.2, 0.25) is 0 Å². The molecule has 0 amide bonds. The molecule has 5 nitrogen and oxygen atoms in total. The van der Waals surface area contributed by atoms with E-state index in [-0.39, 0.29) is 12.2 Å². The van der Waals surface area contributed by atoms with Crippen LogP contribution in [0.4, 0.5) is 0 Å². The number of aliphatic hydroxyl groups is 1. The highest BCUT2D eigenvalue weighted by Gasteiger charge is 2.15. The monoisotopic (exact) mass is 273 g/mol. The minimum atomic E-state index is -0.0882. The van der Waals surface area contributed by atoms with Crippen LogP contribution in [0.5, 0.6) is 0 Å². The van der Waals surface area contributed by atoms with E-state index in [0.717, 1.165) is 40.7 Å². The van der Waals surface area contributed by atoms with Crippen molar-refractivity contribution in [3.8, 4) is 0 Å². The van der Waals surface area contributed by atoms with Crippen LogP contribution in [0.3, 0.4) is 0 Å². The van der Waals surface area contributed by atoms with Crippen LogP contribution in [-0.2, 0) is 6.42 Å². The van der Waals surface area contributed by atoms with Crippen molar-refractivity contribution in [2.24, 2.45) is 0 Å². The van der Waals surface area contributed by atoms with Crippen molar-refractivity contribution >= 4 is 11.6 Å². The molecule has 0 unspecified atom stereocenters. The van der Waals surface area contributed by atoms with E-state index in [1.54, 1.807) is 0 Å². The first-order valence-corrected chi connectivity index (χ1v) is 6.91. The van der Waals surface area contributed by atoms with E-state index >= 15 is 0 Å². The molecule has 0 aliphatic heterocycles. The Morgan fingerprint density at radius 1 is 1.25 bits per heavy atom. The smallest absolute Gasteiger partial charge is 0.271 e. The van der Waals surface area contributed by atoms with Gasteiger partial charge in [0.25, 0.3) is 5.56 Å². The summed E-state index contributed by atoms with van der Waals surface area (Å²) in [5, 5.41) is 16.4. The number of H-pyrrole nitrogens is 3. The summed E-state index contributed by atoms with van der Waals surface area (Å²) in [6.45, 7) is 4.14. The molecule has 1 aliphatic carbocycles. The summed E-state index contributed by atoms with van der Waals surface area (Å²) in [4.78, 5) is 15.2. The maximum Gasteiger partial charge on any atom is 0.271 e. The Morgan fingerprint density at radius 3 is 2.65 bits per heavy atom. The van der Waals surface area contributed by atoms with Gasteiger partial charge in [0.15, 0.2) is 0 Å². The second-order valence-corrected chi connectivity index (χ2v) is 5.36. The normalized spacial score (nSPS) is 15.2. The third kappa shape index (κ3) is 2.14. The third-order valence-electron chi connectivity index (χ3n) is 3.95. The summed E-state index contributed by atoms with van der Waals surface area (Å²) in [6, 6.07) is 0. The first kappa shape index (κ1) is 13.0. The lowest BCUT2D eigenvalue weighted by molar-refractivity contribution is 0.299. The van der Waals surface area contributed by atoms with Crippen LogP contribution in [0.1, 0.15) is 35.4 Å². The number of hydrogen-bond acceptors (Lipinski definition) is 2. The Bertz CT molecular complexity index is 814. The van der Waals surface area contributed by atoms with Crippen LogP contribution in [0.15, 0.2) is 4.79 Å². The van der Waals surface area contributed by atoms with Crippen molar-refractivity contribution in [3.63, 3.8) is 0 Å². The molecule has 0 bridgehead atoms. The van der Waals surface area contributed by atoms with Crippen molar-refractivity contribution in [2.75, 3.05) is 6.61 Å². The Labute approximate surface area is 116 Å². The van der Waals surface area contributed by atoms with Crippen molar-refractivity contribution in [3.05, 3.63) is 43.4 Å². The van der Waals surface area contributed by atoms with Crippen LogP contribution in [0.25, 0.3) is 11.6 Å². The number of nitrogens with one attached hydrogen (secondary N) is 3. The second kappa shape index (κ2) is 4.83. The molecule has 0 radical (unpaired) electrons. The predicted molar refractivity (Wildman–Crippen MR) is 77.9 cm³/mol. The molecule has 20 heavy (non-hydrogen) atoms. The molecule has 5 heteroatoms. The van der Waals surface area contributed by atoms with Gasteiger partial charge in [-0.15, -0.1) is 0 Å². The van der Waals surface area contributed by atoms with E-state index in [9.17, 15) is 4.79 Å². The van der Waals surface area contributed by atoms with Gasteiger partial charge in [0.1, 0.15) is 0 Å². The molecule has 1 fully saturated rings. The summed E-state index contributed by atoms with van der Waals surface area (Å²) in [7, 11) is 0. The average molecular weight is 273 g/mol. The number of aromatic nitrogens is 3. The lowest BCUT2D eigenvalue weighted by Gasteiger charge is -1.97. The lowest BCUT2D eigenvalue weighted by atomic mass is 10.1. The average Bonchev–Trinajstić information content (AvgIpc) is 3.15. The van der Waals surface area contributed by atoms with E-state index in [1.165, 1.54) is 5.57 Å². The van der Waals surface area contributed by atoms with Gasteiger partial charge < -0.3 is 10.1 Å². The highest BCUT2D eigenvalue weighted by atomic mass is 16.3. The molecule has 3 rings (SSSR count). The molecular formula is C15H19N3O2. The van der Waals surface area contributed by atoms with Crippen molar-refractivity contribution in [1.82, 2.24) is 15.2 Å². The highest BCUT2D eigenvalue weighted by Crippen LogP contribution is 2.26. The topological polar surface area (TPSA) is 84.7 Å². The van der Waals surface area contributed by atoms with Crippen LogP contribution >= 0.6 is 0 Å². The fourth-order valence-electron chi connectivity index (χ4n) is 2.69. The van der Waals surface area contributed by atoms with E-state index in [0.29, 0.717) is 11.6 Å². The molecule has 1 aliphatic rings. The standard InChI is InChI=1S/C15H19N3O2/c1-8-11(5-6-19)9(2)16-13(8)7-12-14(10-3-4-10)17-18-15(12)20/h7,16-17,19H,3-6H2,1-2H3,(H,18,20). The van der Waals surface area contributed by atoms with Crippen molar-refractivity contribution in [2.45, 2.75) is 33.1 Å². The zero-order valence-electron chi connectivity index (χ0n) is 11.8. The first-order valence-electron chi connectivity index (χ1n) is 6.91. The molecule has 0 atom stereocenters. The Kier molecular flexibility index (Phi) is 3.14. The molecule has 2 aromatic rings. The first-order chi connectivity index (χ1) is 9.61. The Hall–Kier alpha value is -2.01. The van der Waals surface area contributed by atoms with Crippen LogP contribution in [-0.4, -0.2) is 26.9 Å².